The molecule has 1 aromatic carbocycles. The number of imidazole rings is 1. The number of aromatic nitrogens is 3. The third-order valence-corrected chi connectivity index (χ3v) is 5.97. The Kier molecular flexibility index (Phi) is 4.17. The second kappa shape index (κ2) is 6.82. The molecule has 4 heterocycles. The average Bonchev–Trinajstić information content (AvgIpc) is 3.29. The largest absolute Gasteiger partial charge is 0.497 e. The summed E-state index contributed by atoms with van der Waals surface area (Å²) in [7, 11) is 1.70. The van der Waals surface area contributed by atoms with E-state index in [9.17, 15) is 0 Å². The number of likely N-dealkylation sites (tertiary alicyclic amines) is 1. The summed E-state index contributed by atoms with van der Waals surface area (Å²) in [6, 6.07) is 12.5. The van der Waals surface area contributed by atoms with Crippen LogP contribution in [-0.4, -0.2) is 39.6 Å². The molecule has 138 valence electrons. The van der Waals surface area contributed by atoms with Crippen molar-refractivity contribution in [3.63, 3.8) is 0 Å². The van der Waals surface area contributed by atoms with Crippen LogP contribution in [0.25, 0.3) is 11.3 Å². The van der Waals surface area contributed by atoms with Gasteiger partial charge in [-0.15, -0.1) is 0 Å². The molecule has 0 amide bonds. The second-order valence-corrected chi connectivity index (χ2v) is 7.68. The zero-order chi connectivity index (χ0) is 18.2. The van der Waals surface area contributed by atoms with Gasteiger partial charge in [-0.2, -0.15) is 0 Å². The molecule has 5 rings (SSSR count). The Morgan fingerprint density at radius 1 is 1.04 bits per heavy atom. The maximum atomic E-state index is 5.28. The van der Waals surface area contributed by atoms with Gasteiger partial charge in [0.1, 0.15) is 11.6 Å². The van der Waals surface area contributed by atoms with E-state index in [1.54, 1.807) is 7.11 Å². The van der Waals surface area contributed by atoms with E-state index >= 15 is 0 Å². The first-order valence-electron chi connectivity index (χ1n) is 9.60. The van der Waals surface area contributed by atoms with Gasteiger partial charge in [0.05, 0.1) is 19.0 Å². The zero-order valence-electron chi connectivity index (χ0n) is 15.6. The van der Waals surface area contributed by atoms with Gasteiger partial charge >= 0.3 is 0 Å². The molecule has 3 aromatic rings. The lowest BCUT2D eigenvalue weighted by Crippen LogP contribution is -2.28. The van der Waals surface area contributed by atoms with Gasteiger partial charge in [-0.25, -0.2) is 4.98 Å². The Labute approximate surface area is 159 Å². The molecular formula is C22H24N4O. The van der Waals surface area contributed by atoms with Crippen LogP contribution in [0, 0.1) is 11.8 Å². The highest BCUT2D eigenvalue weighted by molar-refractivity contribution is 5.60. The lowest BCUT2D eigenvalue weighted by atomic mass is 9.89. The molecule has 2 aliphatic heterocycles. The molecule has 0 spiro atoms. The molecule has 5 heteroatoms. The standard InChI is InChI=1S/C22H24N4O/c1-27-20-6-4-17(5-7-20)21-11-24-22-9-18-13-25(14-19(18)15-26(21)22)12-16-3-2-8-23-10-16/h2-8,10-11,18-19H,9,12-15H2,1H3. The van der Waals surface area contributed by atoms with Crippen LogP contribution in [0.4, 0.5) is 0 Å². The van der Waals surface area contributed by atoms with E-state index in [0.717, 1.165) is 38.3 Å². The van der Waals surface area contributed by atoms with Crippen molar-refractivity contribution < 1.29 is 4.74 Å². The lowest BCUT2D eigenvalue weighted by Gasteiger charge is -2.27. The Balaban J connectivity index is 1.33. The van der Waals surface area contributed by atoms with Crippen molar-refractivity contribution >= 4 is 0 Å². The Hall–Kier alpha value is -2.66. The smallest absolute Gasteiger partial charge is 0.118 e. The highest BCUT2D eigenvalue weighted by atomic mass is 16.5. The normalized spacial score (nSPS) is 21.7. The quantitative estimate of drug-likeness (QED) is 0.716. The summed E-state index contributed by atoms with van der Waals surface area (Å²) < 4.78 is 7.71. The summed E-state index contributed by atoms with van der Waals surface area (Å²) in [6.45, 7) is 4.36. The fourth-order valence-electron chi connectivity index (χ4n) is 4.59. The van der Waals surface area contributed by atoms with E-state index < -0.39 is 0 Å². The fourth-order valence-corrected chi connectivity index (χ4v) is 4.59. The molecular weight excluding hydrogens is 336 g/mol. The number of pyridine rings is 1. The van der Waals surface area contributed by atoms with Gasteiger partial charge in [-0.1, -0.05) is 6.07 Å². The van der Waals surface area contributed by atoms with Crippen molar-refractivity contribution in [2.24, 2.45) is 11.8 Å². The molecule has 0 N–H and O–H groups in total. The van der Waals surface area contributed by atoms with Crippen molar-refractivity contribution in [2.75, 3.05) is 20.2 Å². The first kappa shape index (κ1) is 16.5. The van der Waals surface area contributed by atoms with Crippen LogP contribution in [0.15, 0.2) is 55.0 Å². The first-order valence-corrected chi connectivity index (χ1v) is 9.60. The molecule has 2 aromatic heterocycles. The number of benzene rings is 1. The summed E-state index contributed by atoms with van der Waals surface area (Å²) >= 11 is 0. The lowest BCUT2D eigenvalue weighted by molar-refractivity contribution is 0.307. The van der Waals surface area contributed by atoms with Gasteiger partial charge in [0.15, 0.2) is 0 Å². The predicted molar refractivity (Wildman–Crippen MR) is 104 cm³/mol. The van der Waals surface area contributed by atoms with Crippen LogP contribution < -0.4 is 4.74 Å². The Bertz CT molecular complexity index is 919. The Morgan fingerprint density at radius 2 is 1.89 bits per heavy atom. The van der Waals surface area contributed by atoms with E-state index in [2.05, 4.69) is 32.7 Å². The van der Waals surface area contributed by atoms with Crippen LogP contribution in [0.1, 0.15) is 11.4 Å². The minimum atomic E-state index is 0.695. The van der Waals surface area contributed by atoms with Gasteiger partial charge < -0.3 is 9.30 Å². The summed E-state index contributed by atoms with van der Waals surface area (Å²) in [4.78, 5) is 11.6. The van der Waals surface area contributed by atoms with Gasteiger partial charge in [0, 0.05) is 50.6 Å². The molecule has 0 saturated carbocycles. The number of methoxy groups -OCH3 is 1. The van der Waals surface area contributed by atoms with Crippen LogP contribution >= 0.6 is 0 Å². The number of fused-ring (bicyclic) bond motifs is 2. The molecule has 0 aliphatic carbocycles. The van der Waals surface area contributed by atoms with E-state index in [1.165, 1.54) is 22.6 Å². The van der Waals surface area contributed by atoms with Crippen LogP contribution in [0.2, 0.25) is 0 Å². The first-order chi connectivity index (χ1) is 13.3. The molecule has 0 radical (unpaired) electrons. The van der Waals surface area contributed by atoms with Gasteiger partial charge in [-0.3, -0.25) is 9.88 Å². The third-order valence-electron chi connectivity index (χ3n) is 5.97. The van der Waals surface area contributed by atoms with E-state index in [4.69, 9.17) is 9.72 Å². The maximum Gasteiger partial charge on any atom is 0.118 e. The minimum absolute atomic E-state index is 0.695. The molecule has 2 atom stereocenters. The minimum Gasteiger partial charge on any atom is -0.497 e. The SMILES string of the molecule is COc1ccc(-c2cnc3n2CC2CN(Cc4cccnc4)CC2C3)cc1. The topological polar surface area (TPSA) is 43.2 Å². The molecule has 2 aliphatic rings. The highest BCUT2D eigenvalue weighted by Crippen LogP contribution is 2.36. The molecule has 1 saturated heterocycles. The Morgan fingerprint density at radius 3 is 2.67 bits per heavy atom. The van der Waals surface area contributed by atoms with E-state index in [1.807, 2.05) is 36.8 Å². The van der Waals surface area contributed by atoms with Crippen LogP contribution in [0.3, 0.4) is 0 Å². The number of ether oxygens (including phenoxy) is 1. The van der Waals surface area contributed by atoms with Crippen molar-refractivity contribution in [3.05, 3.63) is 66.4 Å². The van der Waals surface area contributed by atoms with Gasteiger partial charge in [0.2, 0.25) is 0 Å². The summed E-state index contributed by atoms with van der Waals surface area (Å²) in [6.07, 6.45) is 6.93. The van der Waals surface area contributed by atoms with Crippen molar-refractivity contribution in [1.82, 2.24) is 19.4 Å². The number of hydrogen-bond donors (Lipinski definition) is 0. The van der Waals surface area contributed by atoms with Crippen molar-refractivity contribution in [3.8, 4) is 17.0 Å². The summed E-state index contributed by atoms with van der Waals surface area (Å²) in [5.74, 6) is 3.52. The summed E-state index contributed by atoms with van der Waals surface area (Å²) in [5, 5.41) is 0. The summed E-state index contributed by atoms with van der Waals surface area (Å²) in [5.41, 5.74) is 3.72. The number of rotatable bonds is 4. The number of hydrogen-bond acceptors (Lipinski definition) is 4. The average molecular weight is 360 g/mol. The predicted octanol–water partition coefficient (Wildman–Crippen LogP) is 3.26. The monoisotopic (exact) mass is 360 g/mol. The fraction of sp³-hybridized carbons (Fsp3) is 0.364. The van der Waals surface area contributed by atoms with E-state index in [-0.39, 0.29) is 0 Å². The van der Waals surface area contributed by atoms with E-state index in [0.29, 0.717) is 11.8 Å². The molecule has 0 bridgehead atoms. The second-order valence-electron chi connectivity index (χ2n) is 7.68. The molecule has 27 heavy (non-hydrogen) atoms. The van der Waals surface area contributed by atoms with Crippen LogP contribution in [0.5, 0.6) is 5.75 Å². The maximum absolute atomic E-state index is 5.28. The molecule has 1 fully saturated rings. The van der Waals surface area contributed by atoms with Gasteiger partial charge in [0.25, 0.3) is 0 Å². The highest BCUT2D eigenvalue weighted by Gasteiger charge is 2.37. The number of nitrogens with zero attached hydrogens (tertiary/aromatic N) is 4. The van der Waals surface area contributed by atoms with Crippen LogP contribution in [-0.2, 0) is 19.5 Å². The molecule has 2 unspecified atom stereocenters. The van der Waals surface area contributed by atoms with Gasteiger partial charge in [-0.05, 0) is 47.7 Å². The zero-order valence-corrected chi connectivity index (χ0v) is 15.6. The van der Waals surface area contributed by atoms with Crippen molar-refractivity contribution in [2.45, 2.75) is 19.5 Å². The van der Waals surface area contributed by atoms with Crippen molar-refractivity contribution in [1.29, 1.82) is 0 Å². The third kappa shape index (κ3) is 3.12. The molecule has 5 nitrogen and oxygen atoms in total.